The van der Waals surface area contributed by atoms with Crippen molar-refractivity contribution in [2.75, 3.05) is 7.11 Å². The molecule has 1 unspecified atom stereocenters. The molecular formula is C15H21BrCl2O. The van der Waals surface area contributed by atoms with Gasteiger partial charge in [0.05, 0.1) is 17.0 Å². The van der Waals surface area contributed by atoms with Crippen molar-refractivity contribution in [3.63, 3.8) is 0 Å². The molecule has 4 heteroatoms. The second kappa shape index (κ2) is 9.10. The predicted molar refractivity (Wildman–Crippen MR) is 87.7 cm³/mol. The molecule has 0 saturated carbocycles. The van der Waals surface area contributed by atoms with Crippen LogP contribution in [0.5, 0.6) is 5.75 Å². The van der Waals surface area contributed by atoms with Crippen LogP contribution in [0.15, 0.2) is 16.6 Å². The van der Waals surface area contributed by atoms with E-state index in [9.17, 15) is 0 Å². The first kappa shape index (κ1) is 17.1. The van der Waals surface area contributed by atoms with Crippen LogP contribution in [0, 0.1) is 0 Å². The Balaban J connectivity index is 2.63. The van der Waals surface area contributed by atoms with E-state index in [4.69, 9.17) is 27.9 Å². The Morgan fingerprint density at radius 3 is 2.53 bits per heavy atom. The third kappa shape index (κ3) is 5.53. The third-order valence-electron chi connectivity index (χ3n) is 3.14. The second-order valence-corrected chi connectivity index (χ2v) is 6.50. The van der Waals surface area contributed by atoms with E-state index in [-0.39, 0.29) is 5.38 Å². The molecule has 0 aliphatic rings. The largest absolute Gasteiger partial charge is 0.495 e. The zero-order valence-corrected chi connectivity index (χ0v) is 14.6. The van der Waals surface area contributed by atoms with Gasteiger partial charge in [-0.25, -0.2) is 0 Å². The molecule has 0 fully saturated rings. The summed E-state index contributed by atoms with van der Waals surface area (Å²) in [6.07, 6.45) is 7.19. The van der Waals surface area contributed by atoms with Crippen molar-refractivity contribution in [2.24, 2.45) is 0 Å². The lowest BCUT2D eigenvalue weighted by atomic mass is 10.0. The Morgan fingerprint density at radius 1 is 1.21 bits per heavy atom. The van der Waals surface area contributed by atoms with E-state index in [1.807, 2.05) is 12.1 Å². The lowest BCUT2D eigenvalue weighted by Crippen LogP contribution is -1.97. The molecule has 0 saturated heterocycles. The van der Waals surface area contributed by atoms with Gasteiger partial charge in [-0.2, -0.15) is 0 Å². The first-order chi connectivity index (χ1) is 9.10. The summed E-state index contributed by atoms with van der Waals surface area (Å²) in [5, 5.41) is 0.630. The summed E-state index contributed by atoms with van der Waals surface area (Å²) in [7, 11) is 1.66. The van der Waals surface area contributed by atoms with Gasteiger partial charge in [0, 0.05) is 10.6 Å². The lowest BCUT2D eigenvalue weighted by molar-refractivity contribution is 0.405. The van der Waals surface area contributed by atoms with Crippen LogP contribution in [0.25, 0.3) is 0 Å². The van der Waals surface area contributed by atoms with Gasteiger partial charge in [0.2, 0.25) is 0 Å². The maximum atomic E-state index is 6.49. The van der Waals surface area contributed by atoms with E-state index in [0.29, 0.717) is 5.02 Å². The molecule has 0 aliphatic heterocycles. The van der Waals surface area contributed by atoms with Crippen molar-refractivity contribution < 1.29 is 4.74 Å². The molecule has 0 N–H and O–H groups in total. The molecule has 1 aromatic rings. The Bertz CT molecular complexity index is 396. The first-order valence-electron chi connectivity index (χ1n) is 6.77. The number of rotatable bonds is 8. The van der Waals surface area contributed by atoms with Crippen LogP contribution in [-0.4, -0.2) is 7.11 Å². The molecule has 0 bridgehead atoms. The Morgan fingerprint density at radius 2 is 1.89 bits per heavy atom. The molecule has 108 valence electrons. The standard InChI is InChI=1S/C15H21BrCl2O/c1-3-4-5-6-7-8-14(18)12-9-11(17)10-13(16)15(12)19-2/h9-10,14H,3-8H2,1-2H3. The van der Waals surface area contributed by atoms with E-state index in [1.54, 1.807) is 7.11 Å². The molecule has 0 amide bonds. The maximum Gasteiger partial charge on any atom is 0.137 e. The van der Waals surface area contributed by atoms with Gasteiger partial charge in [0.25, 0.3) is 0 Å². The Kier molecular flexibility index (Phi) is 8.20. The highest BCUT2D eigenvalue weighted by Crippen LogP contribution is 2.40. The van der Waals surface area contributed by atoms with Gasteiger partial charge in [-0.1, -0.05) is 50.6 Å². The highest BCUT2D eigenvalue weighted by atomic mass is 79.9. The van der Waals surface area contributed by atoms with Crippen LogP contribution in [0.4, 0.5) is 0 Å². The lowest BCUT2D eigenvalue weighted by Gasteiger charge is -2.16. The molecule has 0 radical (unpaired) electrons. The van der Waals surface area contributed by atoms with Crippen LogP contribution in [0.2, 0.25) is 5.02 Å². The van der Waals surface area contributed by atoms with Gasteiger partial charge in [-0.05, 0) is 34.5 Å². The summed E-state index contributed by atoms with van der Waals surface area (Å²) in [5.41, 5.74) is 0.971. The molecule has 0 aromatic heterocycles. The predicted octanol–water partition coefficient (Wildman–Crippen LogP) is 6.75. The van der Waals surface area contributed by atoms with Crippen LogP contribution >= 0.6 is 39.1 Å². The molecule has 1 rings (SSSR count). The fourth-order valence-electron chi connectivity index (χ4n) is 2.11. The average Bonchev–Trinajstić information content (AvgIpc) is 2.37. The van der Waals surface area contributed by atoms with Crippen molar-refractivity contribution in [3.8, 4) is 5.75 Å². The number of alkyl halides is 1. The SMILES string of the molecule is CCCCCCCC(Cl)c1cc(Cl)cc(Br)c1OC. The van der Waals surface area contributed by atoms with Gasteiger partial charge >= 0.3 is 0 Å². The number of hydrogen-bond acceptors (Lipinski definition) is 1. The third-order valence-corrected chi connectivity index (χ3v) is 4.40. The van der Waals surface area contributed by atoms with Gasteiger partial charge in [0.15, 0.2) is 0 Å². The molecular weight excluding hydrogens is 347 g/mol. The highest BCUT2D eigenvalue weighted by Gasteiger charge is 2.16. The minimum Gasteiger partial charge on any atom is -0.495 e. The fraction of sp³-hybridized carbons (Fsp3) is 0.600. The summed E-state index contributed by atoms with van der Waals surface area (Å²) in [5.74, 6) is 0.790. The Hall–Kier alpha value is 0.0800. The number of benzene rings is 1. The summed E-state index contributed by atoms with van der Waals surface area (Å²) in [6, 6.07) is 3.73. The molecule has 0 heterocycles. The molecule has 0 aliphatic carbocycles. The molecule has 0 spiro atoms. The van der Waals surface area contributed by atoms with Crippen LogP contribution < -0.4 is 4.74 Å². The van der Waals surface area contributed by atoms with Gasteiger partial charge in [0.1, 0.15) is 5.75 Å². The molecule has 19 heavy (non-hydrogen) atoms. The monoisotopic (exact) mass is 366 g/mol. The minimum absolute atomic E-state index is 0.0495. The van der Waals surface area contributed by atoms with Crippen molar-refractivity contribution in [1.29, 1.82) is 0 Å². The van der Waals surface area contributed by atoms with Crippen molar-refractivity contribution >= 4 is 39.1 Å². The van der Waals surface area contributed by atoms with Gasteiger partial charge < -0.3 is 4.74 Å². The average molecular weight is 368 g/mol. The molecule has 1 aromatic carbocycles. The van der Waals surface area contributed by atoms with Crippen molar-refractivity contribution in [2.45, 2.75) is 50.8 Å². The van der Waals surface area contributed by atoms with Crippen LogP contribution in [0.1, 0.15) is 56.4 Å². The zero-order chi connectivity index (χ0) is 14.3. The second-order valence-electron chi connectivity index (χ2n) is 4.68. The van der Waals surface area contributed by atoms with Crippen molar-refractivity contribution in [3.05, 3.63) is 27.2 Å². The summed E-state index contributed by atoms with van der Waals surface area (Å²) in [4.78, 5) is 0. The summed E-state index contributed by atoms with van der Waals surface area (Å²) < 4.78 is 6.26. The van der Waals surface area contributed by atoms with Gasteiger partial charge in [-0.15, -0.1) is 11.6 Å². The number of methoxy groups -OCH3 is 1. The van der Waals surface area contributed by atoms with Gasteiger partial charge in [-0.3, -0.25) is 0 Å². The number of hydrogen-bond donors (Lipinski definition) is 0. The van der Waals surface area contributed by atoms with Crippen LogP contribution in [-0.2, 0) is 0 Å². The van der Waals surface area contributed by atoms with Crippen LogP contribution in [0.3, 0.4) is 0 Å². The molecule has 1 atom stereocenters. The first-order valence-corrected chi connectivity index (χ1v) is 8.37. The quantitative estimate of drug-likeness (QED) is 0.364. The summed E-state index contributed by atoms with van der Waals surface area (Å²) >= 11 is 16.0. The highest BCUT2D eigenvalue weighted by molar-refractivity contribution is 9.10. The number of halogens is 3. The normalized spacial score (nSPS) is 12.5. The summed E-state index contributed by atoms with van der Waals surface area (Å²) in [6.45, 7) is 2.22. The topological polar surface area (TPSA) is 9.23 Å². The smallest absolute Gasteiger partial charge is 0.137 e. The van der Waals surface area contributed by atoms with E-state index >= 15 is 0 Å². The van der Waals surface area contributed by atoms with E-state index in [1.165, 1.54) is 25.7 Å². The fourth-order valence-corrected chi connectivity index (χ4v) is 3.42. The number of ether oxygens (including phenoxy) is 1. The zero-order valence-electron chi connectivity index (χ0n) is 11.5. The van der Waals surface area contributed by atoms with Crippen molar-refractivity contribution in [1.82, 2.24) is 0 Å². The van der Waals surface area contributed by atoms with E-state index in [0.717, 1.165) is 28.6 Å². The Labute approximate surface area is 134 Å². The maximum absolute atomic E-state index is 6.49. The minimum atomic E-state index is -0.0495. The number of unbranched alkanes of at least 4 members (excludes halogenated alkanes) is 4. The van der Waals surface area contributed by atoms with E-state index < -0.39 is 0 Å². The van der Waals surface area contributed by atoms with E-state index in [2.05, 4.69) is 22.9 Å². The molecule has 1 nitrogen and oxygen atoms in total.